The Morgan fingerprint density at radius 2 is 0.826 bits per heavy atom. The van der Waals surface area contributed by atoms with Gasteiger partial charge in [-0.25, -0.2) is 0 Å². The van der Waals surface area contributed by atoms with Gasteiger partial charge in [0.1, 0.15) is 73.2 Å². The lowest BCUT2D eigenvalue weighted by molar-refractivity contribution is -0.379. The Bertz CT molecular complexity index is 1290. The van der Waals surface area contributed by atoms with Gasteiger partial charge >= 0.3 is 0 Å². The van der Waals surface area contributed by atoms with Crippen molar-refractivity contribution in [2.45, 2.75) is 285 Å². The Morgan fingerprint density at radius 3 is 1.26 bits per heavy atom. The first-order valence-corrected chi connectivity index (χ1v) is 26.8. The van der Waals surface area contributed by atoms with E-state index in [0.717, 1.165) is 57.8 Å². The van der Waals surface area contributed by atoms with Crippen molar-refractivity contribution in [3.05, 3.63) is 0 Å². The van der Waals surface area contributed by atoms with Gasteiger partial charge in [0.25, 0.3) is 0 Å². The standard InChI is InChI=1S/C50H95NO18/c1-3-5-7-9-11-12-13-14-15-16-17-18-19-20-22-24-26-28-38(56)51-33(34(55)27-25-23-21-10-8-6-4-2)32-64-48-44(62)41(59)46(36(30-53)66-48)69-50-45(63)42(60)47(37(31-54)67-50)68-49-43(61)40(58)39(57)35(29-52)65-49/h33-37,39-50,52-55,57-63H,3-32H2,1-2H3,(H,51,56). The van der Waals surface area contributed by atoms with Crippen LogP contribution in [-0.2, 0) is 33.2 Å². The van der Waals surface area contributed by atoms with Crippen LogP contribution >= 0.6 is 0 Å². The number of nitrogens with one attached hydrogen (secondary N) is 1. The molecule has 12 N–H and O–H groups in total. The number of amides is 1. The maximum absolute atomic E-state index is 13.2. The van der Waals surface area contributed by atoms with Crippen molar-refractivity contribution in [1.29, 1.82) is 0 Å². The van der Waals surface area contributed by atoms with Gasteiger partial charge in [0.15, 0.2) is 18.9 Å². The molecule has 3 rings (SSSR count). The summed E-state index contributed by atoms with van der Waals surface area (Å²) in [7, 11) is 0. The van der Waals surface area contributed by atoms with Gasteiger partial charge < -0.3 is 89.9 Å². The van der Waals surface area contributed by atoms with Crippen molar-refractivity contribution in [3.63, 3.8) is 0 Å². The summed E-state index contributed by atoms with van der Waals surface area (Å²) < 4.78 is 34.1. The number of aliphatic hydroxyl groups is 11. The molecule has 0 spiro atoms. The number of carbonyl (C=O) groups excluding carboxylic acids is 1. The Labute approximate surface area is 411 Å². The summed E-state index contributed by atoms with van der Waals surface area (Å²) in [5.41, 5.74) is 0. The summed E-state index contributed by atoms with van der Waals surface area (Å²) in [6, 6.07) is -0.876. The van der Waals surface area contributed by atoms with E-state index in [4.69, 9.17) is 28.4 Å². The second kappa shape index (κ2) is 35.9. The van der Waals surface area contributed by atoms with Crippen molar-refractivity contribution < 1.29 is 89.4 Å². The molecule has 69 heavy (non-hydrogen) atoms. The van der Waals surface area contributed by atoms with Gasteiger partial charge in [-0.15, -0.1) is 0 Å². The highest BCUT2D eigenvalue weighted by Gasteiger charge is 2.53. The third-order valence-electron chi connectivity index (χ3n) is 13.9. The van der Waals surface area contributed by atoms with E-state index in [1.54, 1.807) is 0 Å². The number of unbranched alkanes of at least 4 members (excludes halogenated alkanes) is 22. The Kier molecular flexibility index (Phi) is 32.3. The highest BCUT2D eigenvalue weighted by atomic mass is 16.8. The van der Waals surface area contributed by atoms with Crippen LogP contribution in [0.2, 0.25) is 0 Å². The van der Waals surface area contributed by atoms with Crippen LogP contribution in [0.3, 0.4) is 0 Å². The molecule has 17 atom stereocenters. The van der Waals surface area contributed by atoms with Crippen molar-refractivity contribution in [3.8, 4) is 0 Å². The molecule has 0 aromatic heterocycles. The summed E-state index contributed by atoms with van der Waals surface area (Å²) in [6.07, 6.45) is 2.41. The minimum Gasteiger partial charge on any atom is -0.394 e. The van der Waals surface area contributed by atoms with Gasteiger partial charge in [-0.2, -0.15) is 0 Å². The van der Waals surface area contributed by atoms with Crippen LogP contribution in [0, 0.1) is 0 Å². The first-order valence-electron chi connectivity index (χ1n) is 26.8. The monoisotopic (exact) mass is 998 g/mol. The number of ether oxygens (including phenoxy) is 6. The lowest BCUT2D eigenvalue weighted by Crippen LogP contribution is -2.66. The molecule has 19 nitrogen and oxygen atoms in total. The Balaban J connectivity index is 1.49. The van der Waals surface area contributed by atoms with Crippen molar-refractivity contribution >= 4 is 5.91 Å². The molecule has 0 bridgehead atoms. The smallest absolute Gasteiger partial charge is 0.220 e. The molecule has 0 radical (unpaired) electrons. The zero-order chi connectivity index (χ0) is 50.6. The topological polar surface area (TPSA) is 307 Å². The van der Waals surface area contributed by atoms with Crippen molar-refractivity contribution in [2.24, 2.45) is 0 Å². The summed E-state index contributed by atoms with van der Waals surface area (Å²) in [4.78, 5) is 13.2. The van der Waals surface area contributed by atoms with Crippen LogP contribution < -0.4 is 5.32 Å². The molecule has 0 saturated carbocycles. The van der Waals surface area contributed by atoms with Crippen LogP contribution in [0.25, 0.3) is 0 Å². The van der Waals surface area contributed by atoms with E-state index in [9.17, 15) is 61.0 Å². The number of hydrogen-bond donors (Lipinski definition) is 12. The zero-order valence-corrected chi connectivity index (χ0v) is 41.8. The van der Waals surface area contributed by atoms with E-state index in [2.05, 4.69) is 19.2 Å². The molecule has 1 amide bonds. The van der Waals surface area contributed by atoms with E-state index >= 15 is 0 Å². The molecule has 3 aliphatic rings. The van der Waals surface area contributed by atoms with E-state index in [0.29, 0.717) is 12.8 Å². The first kappa shape index (κ1) is 62.1. The largest absolute Gasteiger partial charge is 0.394 e. The molecular weight excluding hydrogens is 903 g/mol. The third kappa shape index (κ3) is 21.7. The quantitative estimate of drug-likeness (QED) is 0.0396. The Morgan fingerprint density at radius 1 is 0.464 bits per heavy atom. The highest BCUT2D eigenvalue weighted by Crippen LogP contribution is 2.33. The maximum atomic E-state index is 13.2. The second-order valence-corrected chi connectivity index (χ2v) is 19.7. The maximum Gasteiger partial charge on any atom is 0.220 e. The fourth-order valence-corrected chi connectivity index (χ4v) is 9.43. The molecule has 3 aliphatic heterocycles. The normalized spacial score (nSPS) is 32.8. The fourth-order valence-electron chi connectivity index (χ4n) is 9.43. The number of rotatable bonds is 38. The van der Waals surface area contributed by atoms with Crippen LogP contribution in [0.1, 0.15) is 181 Å². The highest BCUT2D eigenvalue weighted by molar-refractivity contribution is 5.76. The van der Waals surface area contributed by atoms with Gasteiger partial charge in [-0.3, -0.25) is 4.79 Å². The molecule has 3 fully saturated rings. The number of aliphatic hydroxyl groups excluding tert-OH is 11. The van der Waals surface area contributed by atoms with Crippen molar-refractivity contribution in [2.75, 3.05) is 26.4 Å². The molecule has 0 aromatic rings. The van der Waals surface area contributed by atoms with E-state index < -0.39 is 124 Å². The van der Waals surface area contributed by atoms with Crippen LogP contribution in [0.15, 0.2) is 0 Å². The third-order valence-corrected chi connectivity index (χ3v) is 13.9. The van der Waals surface area contributed by atoms with E-state index in [-0.39, 0.29) is 18.9 Å². The molecule has 408 valence electrons. The molecule has 3 saturated heterocycles. The zero-order valence-electron chi connectivity index (χ0n) is 41.8. The second-order valence-electron chi connectivity index (χ2n) is 19.7. The molecule has 0 aliphatic carbocycles. The minimum atomic E-state index is -1.97. The summed E-state index contributed by atoms with van der Waals surface area (Å²) in [6.45, 7) is 1.72. The lowest BCUT2D eigenvalue weighted by atomic mass is 9.96. The number of hydrogen-bond acceptors (Lipinski definition) is 18. The summed E-state index contributed by atoms with van der Waals surface area (Å²) >= 11 is 0. The number of carbonyl (C=O) groups is 1. The molecule has 0 aromatic carbocycles. The van der Waals surface area contributed by atoms with Gasteiger partial charge in [-0.05, 0) is 12.8 Å². The molecule has 17 unspecified atom stereocenters. The van der Waals surface area contributed by atoms with Crippen LogP contribution in [-0.4, -0.2) is 193 Å². The molecule has 3 heterocycles. The van der Waals surface area contributed by atoms with E-state index in [1.807, 2.05) is 0 Å². The Hall–Kier alpha value is -1.21. The SMILES string of the molecule is CCCCCCCCCCCCCCCCCCCC(=O)NC(COC1OC(CO)C(OC2OC(CO)C(OC3OC(CO)C(O)C(O)C3O)C(O)C2O)C(O)C1O)C(O)CCCCCCCCC. The minimum absolute atomic E-state index is 0.245. The van der Waals surface area contributed by atoms with E-state index in [1.165, 1.54) is 89.9 Å². The predicted octanol–water partition coefficient (Wildman–Crippen LogP) is 2.48. The van der Waals surface area contributed by atoms with Gasteiger partial charge in [0.05, 0.1) is 38.6 Å². The summed E-state index contributed by atoms with van der Waals surface area (Å²) in [5, 5.41) is 120. The fraction of sp³-hybridized carbons (Fsp3) is 0.980. The average molecular weight is 998 g/mol. The average Bonchev–Trinajstić information content (AvgIpc) is 3.34. The van der Waals surface area contributed by atoms with Crippen LogP contribution in [0.5, 0.6) is 0 Å². The van der Waals surface area contributed by atoms with Gasteiger partial charge in [0, 0.05) is 6.42 Å². The van der Waals surface area contributed by atoms with Gasteiger partial charge in [0.2, 0.25) is 5.91 Å². The lowest BCUT2D eigenvalue weighted by Gasteiger charge is -2.48. The van der Waals surface area contributed by atoms with Crippen molar-refractivity contribution in [1.82, 2.24) is 5.32 Å². The molecule has 19 heteroatoms. The van der Waals surface area contributed by atoms with Gasteiger partial charge in [-0.1, -0.05) is 162 Å². The predicted molar refractivity (Wildman–Crippen MR) is 254 cm³/mol. The van der Waals surface area contributed by atoms with Crippen LogP contribution in [0.4, 0.5) is 0 Å². The molecular formula is C50H95NO18. The summed E-state index contributed by atoms with van der Waals surface area (Å²) in [5.74, 6) is -0.245. The first-order chi connectivity index (χ1) is 33.3.